The van der Waals surface area contributed by atoms with Crippen molar-refractivity contribution >= 4 is 12.1 Å². The van der Waals surface area contributed by atoms with E-state index in [2.05, 4.69) is 27.7 Å². The summed E-state index contributed by atoms with van der Waals surface area (Å²) in [5.74, 6) is -0.889. The maximum absolute atomic E-state index is 13.0. The SMILES string of the molecule is CC(C)C1=C2[C@H]3CC=C(C=O)[C@@H]4C(O[C@@H]5OC[C@@H](O)C(=O)[C@@]54O)[C@]3(C)CC[C@@]2(C)CC1. The van der Waals surface area contributed by atoms with Gasteiger partial charge in [0.05, 0.1) is 18.6 Å². The number of fused-ring (bicyclic) bond motifs is 7. The van der Waals surface area contributed by atoms with Crippen LogP contribution in [0.1, 0.15) is 59.8 Å². The summed E-state index contributed by atoms with van der Waals surface area (Å²) >= 11 is 0. The van der Waals surface area contributed by atoms with Crippen molar-refractivity contribution in [1.29, 1.82) is 0 Å². The molecule has 8 atom stereocenters. The van der Waals surface area contributed by atoms with Gasteiger partial charge in [0, 0.05) is 5.41 Å². The zero-order valence-electron chi connectivity index (χ0n) is 18.9. The number of aldehydes is 1. The van der Waals surface area contributed by atoms with Gasteiger partial charge in [-0.2, -0.15) is 0 Å². The first-order valence-electron chi connectivity index (χ1n) is 11.7. The van der Waals surface area contributed by atoms with E-state index in [1.54, 1.807) is 0 Å². The first kappa shape index (κ1) is 21.5. The lowest BCUT2D eigenvalue weighted by atomic mass is 9.53. The molecule has 31 heavy (non-hydrogen) atoms. The molecule has 2 aliphatic heterocycles. The molecular weight excluding hydrogens is 396 g/mol. The number of ketones is 1. The van der Waals surface area contributed by atoms with Crippen molar-refractivity contribution in [2.45, 2.75) is 83.9 Å². The second-order valence-corrected chi connectivity index (χ2v) is 11.2. The minimum atomic E-state index is -2.04. The van der Waals surface area contributed by atoms with Gasteiger partial charge in [0.1, 0.15) is 12.4 Å². The fourth-order valence-corrected chi connectivity index (χ4v) is 7.47. The van der Waals surface area contributed by atoms with Gasteiger partial charge in [-0.1, -0.05) is 44.9 Å². The van der Waals surface area contributed by atoms with Crippen LogP contribution in [-0.4, -0.2) is 53.0 Å². The zero-order chi connectivity index (χ0) is 22.3. The van der Waals surface area contributed by atoms with Crippen molar-refractivity contribution in [3.05, 3.63) is 22.8 Å². The van der Waals surface area contributed by atoms with E-state index in [1.807, 2.05) is 6.08 Å². The average molecular weight is 431 g/mol. The van der Waals surface area contributed by atoms with Crippen LogP contribution in [0.25, 0.3) is 0 Å². The van der Waals surface area contributed by atoms with Crippen LogP contribution in [0.4, 0.5) is 0 Å². The van der Waals surface area contributed by atoms with E-state index in [-0.39, 0.29) is 23.4 Å². The predicted molar refractivity (Wildman–Crippen MR) is 113 cm³/mol. The van der Waals surface area contributed by atoms with E-state index in [4.69, 9.17) is 9.47 Å². The molecule has 1 unspecified atom stereocenters. The standard InChI is InChI=1S/C25H34O6/c1-13(2)15-7-8-23(3)9-10-24(4)16(19(15)23)6-5-14(11-26)18-21(24)31-22-25(18,29)20(28)17(27)12-30-22/h5,11,13,16-18,21-22,27,29H,6-10,12H2,1-4H3/t16-,17-,18-,21?,22+,23-,24-,25-/m1/s1. The maximum Gasteiger partial charge on any atom is 0.201 e. The Bertz CT molecular complexity index is 888. The highest BCUT2D eigenvalue weighted by Crippen LogP contribution is 2.66. The van der Waals surface area contributed by atoms with Gasteiger partial charge < -0.3 is 19.7 Å². The highest BCUT2D eigenvalue weighted by molar-refractivity contribution is 5.94. The number of carbonyl (C=O) groups is 2. The molecule has 2 N–H and O–H groups in total. The molecule has 2 heterocycles. The fourth-order valence-electron chi connectivity index (χ4n) is 7.47. The van der Waals surface area contributed by atoms with Crippen molar-refractivity contribution in [1.82, 2.24) is 0 Å². The maximum atomic E-state index is 13.0. The van der Waals surface area contributed by atoms with Gasteiger partial charge in [-0.15, -0.1) is 0 Å². The van der Waals surface area contributed by atoms with E-state index >= 15 is 0 Å². The van der Waals surface area contributed by atoms with Crippen molar-refractivity contribution in [2.75, 3.05) is 6.61 Å². The van der Waals surface area contributed by atoms with Gasteiger partial charge in [-0.3, -0.25) is 9.59 Å². The molecule has 0 bridgehead atoms. The Morgan fingerprint density at radius 3 is 2.65 bits per heavy atom. The molecule has 0 spiro atoms. The molecule has 0 aromatic heterocycles. The van der Waals surface area contributed by atoms with Gasteiger partial charge in [0.25, 0.3) is 0 Å². The lowest BCUT2D eigenvalue weighted by Crippen LogP contribution is -2.62. The summed E-state index contributed by atoms with van der Waals surface area (Å²) in [4.78, 5) is 25.2. The van der Waals surface area contributed by atoms with Crippen LogP contribution in [-0.2, 0) is 19.1 Å². The molecule has 0 aromatic rings. The van der Waals surface area contributed by atoms with Gasteiger partial charge in [0.15, 0.2) is 11.9 Å². The smallest absolute Gasteiger partial charge is 0.201 e. The lowest BCUT2D eigenvalue weighted by Gasteiger charge is -2.52. The normalized spacial score (nSPS) is 49.2. The number of hydrogen-bond acceptors (Lipinski definition) is 6. The van der Waals surface area contributed by atoms with Crippen LogP contribution >= 0.6 is 0 Å². The third kappa shape index (κ3) is 2.65. The molecule has 6 nitrogen and oxygen atoms in total. The van der Waals surface area contributed by atoms with Crippen LogP contribution in [0.3, 0.4) is 0 Å². The summed E-state index contributed by atoms with van der Waals surface area (Å²) in [6.45, 7) is 8.87. The number of aliphatic hydroxyl groups excluding tert-OH is 1. The summed E-state index contributed by atoms with van der Waals surface area (Å²) in [7, 11) is 0. The van der Waals surface area contributed by atoms with Crippen LogP contribution in [0.2, 0.25) is 0 Å². The van der Waals surface area contributed by atoms with Gasteiger partial charge in [-0.05, 0) is 54.9 Å². The number of aliphatic hydroxyl groups is 2. The summed E-state index contributed by atoms with van der Waals surface area (Å²) in [5, 5.41) is 21.7. The van der Waals surface area contributed by atoms with Gasteiger partial charge in [0.2, 0.25) is 5.78 Å². The van der Waals surface area contributed by atoms with Crippen molar-refractivity contribution in [3.8, 4) is 0 Å². The van der Waals surface area contributed by atoms with Crippen LogP contribution in [0, 0.1) is 28.6 Å². The third-order valence-electron chi connectivity index (χ3n) is 9.24. The van der Waals surface area contributed by atoms with Gasteiger partial charge >= 0.3 is 0 Å². The number of Topliss-reactive ketones (excluding diaryl/α,β-unsaturated/α-hetero) is 1. The molecule has 3 aliphatic carbocycles. The van der Waals surface area contributed by atoms with Crippen molar-refractivity contribution in [3.63, 3.8) is 0 Å². The van der Waals surface area contributed by atoms with Crippen LogP contribution in [0.5, 0.6) is 0 Å². The molecule has 6 heteroatoms. The minimum Gasteiger partial charge on any atom is -0.383 e. The molecule has 3 fully saturated rings. The summed E-state index contributed by atoms with van der Waals surface area (Å²) in [6, 6.07) is 0. The summed E-state index contributed by atoms with van der Waals surface area (Å²) in [5.41, 5.74) is 1.18. The fraction of sp³-hybridized carbons (Fsp3) is 0.760. The topological polar surface area (TPSA) is 93.1 Å². The van der Waals surface area contributed by atoms with Crippen molar-refractivity contribution in [2.24, 2.45) is 28.6 Å². The average Bonchev–Trinajstić information content (AvgIpc) is 3.20. The van der Waals surface area contributed by atoms with E-state index in [0.29, 0.717) is 17.9 Å². The molecule has 2 saturated heterocycles. The first-order chi connectivity index (χ1) is 14.6. The molecule has 0 radical (unpaired) electrons. The van der Waals surface area contributed by atoms with E-state index < -0.39 is 35.8 Å². The Morgan fingerprint density at radius 1 is 1.23 bits per heavy atom. The molecule has 0 aromatic carbocycles. The molecule has 170 valence electrons. The number of ether oxygens (including phenoxy) is 2. The molecule has 5 rings (SSSR count). The predicted octanol–water partition coefficient (Wildman–Crippen LogP) is 2.72. The molecule has 0 amide bonds. The Kier molecular flexibility index (Phi) is 4.74. The van der Waals surface area contributed by atoms with Gasteiger partial charge in [-0.25, -0.2) is 0 Å². The highest BCUT2D eigenvalue weighted by atomic mass is 16.7. The molecular formula is C25H34O6. The largest absolute Gasteiger partial charge is 0.383 e. The number of hydrogen-bond donors (Lipinski definition) is 2. The molecule has 5 aliphatic rings. The minimum absolute atomic E-state index is 0.156. The highest BCUT2D eigenvalue weighted by Gasteiger charge is 2.70. The Hall–Kier alpha value is -1.34. The van der Waals surface area contributed by atoms with Crippen LogP contribution in [0.15, 0.2) is 22.8 Å². The second kappa shape index (κ2) is 6.83. The van der Waals surface area contributed by atoms with E-state index in [0.717, 1.165) is 32.0 Å². The van der Waals surface area contributed by atoms with Crippen LogP contribution < -0.4 is 0 Å². The molecule has 1 saturated carbocycles. The Balaban J connectivity index is 1.67. The summed E-state index contributed by atoms with van der Waals surface area (Å²) < 4.78 is 11.9. The third-order valence-corrected chi connectivity index (χ3v) is 9.24. The first-order valence-corrected chi connectivity index (χ1v) is 11.7. The number of rotatable bonds is 2. The lowest BCUT2D eigenvalue weighted by molar-refractivity contribution is -0.241. The Labute approximate surface area is 183 Å². The Morgan fingerprint density at radius 2 is 1.97 bits per heavy atom. The van der Waals surface area contributed by atoms with E-state index in [1.165, 1.54) is 11.1 Å². The monoisotopic (exact) mass is 430 g/mol. The van der Waals surface area contributed by atoms with Crippen molar-refractivity contribution < 1.29 is 29.3 Å². The van der Waals surface area contributed by atoms with E-state index in [9.17, 15) is 19.8 Å². The quantitative estimate of drug-likeness (QED) is 0.517. The number of allylic oxidation sites excluding steroid dienone is 3. The number of carbonyl (C=O) groups excluding carboxylic acids is 2. The summed E-state index contributed by atoms with van der Waals surface area (Å²) in [6.07, 6.45) is 4.43. The second-order valence-electron chi connectivity index (χ2n) is 11.2. The zero-order valence-corrected chi connectivity index (χ0v) is 18.9.